The molecule has 1 rings (SSSR count). The van der Waals surface area contributed by atoms with Crippen LogP contribution in [0.25, 0.3) is 0 Å². The van der Waals surface area contributed by atoms with E-state index in [9.17, 15) is 4.79 Å². The number of carbonyl (C=O) groups is 1. The molecule has 0 unspecified atom stereocenters. The zero-order chi connectivity index (χ0) is 13.1. The Morgan fingerprint density at radius 1 is 1.41 bits per heavy atom. The lowest BCUT2D eigenvalue weighted by Gasteiger charge is -2.20. The van der Waals surface area contributed by atoms with Gasteiger partial charge in [-0.15, -0.1) is 0 Å². The Morgan fingerprint density at radius 3 is 2.59 bits per heavy atom. The molecule has 4 heteroatoms. The Balaban J connectivity index is 2.77. The van der Waals surface area contributed by atoms with Crippen molar-refractivity contribution in [2.75, 3.05) is 5.32 Å². The predicted molar refractivity (Wildman–Crippen MR) is 73.4 cm³/mol. The van der Waals surface area contributed by atoms with Crippen LogP contribution in [-0.2, 0) is 11.2 Å². The molecule has 0 radical (unpaired) electrons. The second-order valence-corrected chi connectivity index (χ2v) is 5.65. The van der Waals surface area contributed by atoms with E-state index in [0.29, 0.717) is 0 Å². The molecule has 0 atom stereocenters. The van der Waals surface area contributed by atoms with Crippen LogP contribution in [0.2, 0.25) is 0 Å². The third-order valence-corrected chi connectivity index (χ3v) is 2.77. The van der Waals surface area contributed by atoms with Crippen molar-refractivity contribution in [3.63, 3.8) is 0 Å². The average Bonchev–Trinajstić information content (AvgIpc) is 2.18. The SMILES string of the molecule is CCc1ccc(Br)c(NC(=O)OC(C)(C)C)c1. The number of anilines is 1. The van der Waals surface area contributed by atoms with E-state index in [1.54, 1.807) is 0 Å². The number of hydrogen-bond acceptors (Lipinski definition) is 2. The fraction of sp³-hybridized carbons (Fsp3) is 0.462. The highest BCUT2D eigenvalue weighted by atomic mass is 79.9. The van der Waals surface area contributed by atoms with Crippen molar-refractivity contribution in [3.8, 4) is 0 Å². The topological polar surface area (TPSA) is 38.3 Å². The van der Waals surface area contributed by atoms with E-state index < -0.39 is 11.7 Å². The molecule has 1 amide bonds. The van der Waals surface area contributed by atoms with Crippen LogP contribution in [0, 0.1) is 0 Å². The Bertz CT molecular complexity index is 410. The average molecular weight is 300 g/mol. The molecule has 0 aliphatic rings. The number of carbonyl (C=O) groups excluding carboxylic acids is 1. The minimum atomic E-state index is -0.487. The summed E-state index contributed by atoms with van der Waals surface area (Å²) in [6.07, 6.45) is 0.488. The summed E-state index contributed by atoms with van der Waals surface area (Å²) in [5.41, 5.74) is 1.41. The predicted octanol–water partition coefficient (Wildman–Crippen LogP) is 4.36. The summed E-state index contributed by atoms with van der Waals surface area (Å²) in [6, 6.07) is 5.88. The fourth-order valence-corrected chi connectivity index (χ4v) is 1.65. The van der Waals surface area contributed by atoms with Gasteiger partial charge >= 0.3 is 6.09 Å². The lowest BCUT2D eigenvalue weighted by atomic mass is 10.1. The van der Waals surface area contributed by atoms with Crippen molar-refractivity contribution >= 4 is 27.7 Å². The Kier molecular flexibility index (Phi) is 4.57. The van der Waals surface area contributed by atoms with Gasteiger partial charge in [0.05, 0.1) is 5.69 Å². The minimum Gasteiger partial charge on any atom is -0.444 e. The van der Waals surface area contributed by atoms with Gasteiger partial charge in [0.15, 0.2) is 0 Å². The smallest absolute Gasteiger partial charge is 0.412 e. The summed E-state index contributed by atoms with van der Waals surface area (Å²) in [4.78, 5) is 11.6. The van der Waals surface area contributed by atoms with Crippen molar-refractivity contribution in [1.82, 2.24) is 0 Å². The highest BCUT2D eigenvalue weighted by Crippen LogP contribution is 2.24. The molecule has 3 nitrogen and oxygen atoms in total. The summed E-state index contributed by atoms with van der Waals surface area (Å²) >= 11 is 3.40. The molecule has 0 saturated heterocycles. The van der Waals surface area contributed by atoms with Crippen molar-refractivity contribution in [2.45, 2.75) is 39.7 Å². The number of aryl methyl sites for hydroxylation is 1. The third-order valence-electron chi connectivity index (χ3n) is 2.07. The van der Waals surface area contributed by atoms with Crippen LogP contribution >= 0.6 is 15.9 Å². The number of amides is 1. The molecule has 1 N–H and O–H groups in total. The monoisotopic (exact) mass is 299 g/mol. The second-order valence-electron chi connectivity index (χ2n) is 4.79. The molecule has 94 valence electrons. The van der Waals surface area contributed by atoms with Crippen LogP contribution in [0.3, 0.4) is 0 Å². The van der Waals surface area contributed by atoms with Gasteiger partial charge in [-0.2, -0.15) is 0 Å². The lowest BCUT2D eigenvalue weighted by molar-refractivity contribution is 0.0636. The van der Waals surface area contributed by atoms with Crippen LogP contribution in [0.15, 0.2) is 22.7 Å². The zero-order valence-corrected chi connectivity index (χ0v) is 12.2. The number of rotatable bonds is 2. The lowest BCUT2D eigenvalue weighted by Crippen LogP contribution is -2.27. The van der Waals surface area contributed by atoms with E-state index in [-0.39, 0.29) is 0 Å². The highest BCUT2D eigenvalue weighted by Gasteiger charge is 2.16. The van der Waals surface area contributed by atoms with Crippen LogP contribution in [-0.4, -0.2) is 11.7 Å². The second kappa shape index (κ2) is 5.54. The van der Waals surface area contributed by atoms with E-state index in [0.717, 1.165) is 16.6 Å². The van der Waals surface area contributed by atoms with E-state index in [2.05, 4.69) is 28.2 Å². The van der Waals surface area contributed by atoms with Crippen molar-refractivity contribution in [2.24, 2.45) is 0 Å². The van der Waals surface area contributed by atoms with Crippen molar-refractivity contribution < 1.29 is 9.53 Å². The van der Waals surface area contributed by atoms with Crippen molar-refractivity contribution in [1.29, 1.82) is 0 Å². The molecule has 0 aliphatic heterocycles. The van der Waals surface area contributed by atoms with Gasteiger partial charge < -0.3 is 4.74 Å². The van der Waals surface area contributed by atoms with Gasteiger partial charge in [0.1, 0.15) is 5.60 Å². The molecule has 17 heavy (non-hydrogen) atoms. The first kappa shape index (κ1) is 14.0. The summed E-state index contributed by atoms with van der Waals surface area (Å²) in [5, 5.41) is 2.73. The van der Waals surface area contributed by atoms with E-state index in [1.807, 2.05) is 39.0 Å². The number of ether oxygens (including phenoxy) is 1. The maximum absolute atomic E-state index is 11.6. The molecule has 0 saturated carbocycles. The van der Waals surface area contributed by atoms with Gasteiger partial charge in [-0.25, -0.2) is 4.79 Å². The first-order valence-electron chi connectivity index (χ1n) is 5.60. The summed E-state index contributed by atoms with van der Waals surface area (Å²) in [7, 11) is 0. The van der Waals surface area contributed by atoms with Crippen LogP contribution in [0.1, 0.15) is 33.3 Å². The third kappa shape index (κ3) is 4.77. The van der Waals surface area contributed by atoms with Gasteiger partial charge in [-0.05, 0) is 60.8 Å². The quantitative estimate of drug-likeness (QED) is 0.881. The molecule has 1 aromatic carbocycles. The molecule has 0 aromatic heterocycles. The van der Waals surface area contributed by atoms with Crippen LogP contribution in [0.5, 0.6) is 0 Å². The molecule has 0 fully saturated rings. The molecule has 0 bridgehead atoms. The molecule has 1 aromatic rings. The maximum Gasteiger partial charge on any atom is 0.412 e. The largest absolute Gasteiger partial charge is 0.444 e. The normalized spacial score (nSPS) is 11.1. The Labute approximate surface area is 111 Å². The Morgan fingerprint density at radius 2 is 2.06 bits per heavy atom. The van der Waals surface area contributed by atoms with E-state index in [4.69, 9.17) is 4.74 Å². The first-order valence-corrected chi connectivity index (χ1v) is 6.39. The number of hydrogen-bond donors (Lipinski definition) is 1. The van der Waals surface area contributed by atoms with Crippen LogP contribution < -0.4 is 5.32 Å². The highest BCUT2D eigenvalue weighted by molar-refractivity contribution is 9.10. The zero-order valence-electron chi connectivity index (χ0n) is 10.6. The Hall–Kier alpha value is -1.03. The molecular formula is C13H18BrNO2. The summed E-state index contributed by atoms with van der Waals surface area (Å²) < 4.78 is 6.05. The fourth-order valence-electron chi connectivity index (χ4n) is 1.30. The van der Waals surface area contributed by atoms with Gasteiger partial charge in [0.2, 0.25) is 0 Å². The number of benzene rings is 1. The van der Waals surface area contributed by atoms with Gasteiger partial charge in [-0.3, -0.25) is 5.32 Å². The van der Waals surface area contributed by atoms with Gasteiger partial charge in [-0.1, -0.05) is 13.0 Å². The van der Waals surface area contributed by atoms with Gasteiger partial charge in [0, 0.05) is 4.47 Å². The maximum atomic E-state index is 11.6. The molecule has 0 aliphatic carbocycles. The van der Waals surface area contributed by atoms with Crippen LogP contribution in [0.4, 0.5) is 10.5 Å². The van der Waals surface area contributed by atoms with Gasteiger partial charge in [0.25, 0.3) is 0 Å². The molecular weight excluding hydrogens is 282 g/mol. The summed E-state index contributed by atoms with van der Waals surface area (Å²) in [5.74, 6) is 0. The van der Waals surface area contributed by atoms with Crippen molar-refractivity contribution in [3.05, 3.63) is 28.2 Å². The van der Waals surface area contributed by atoms with E-state index in [1.165, 1.54) is 5.56 Å². The minimum absolute atomic E-state index is 0.438. The molecule has 0 heterocycles. The number of nitrogens with one attached hydrogen (secondary N) is 1. The first-order chi connectivity index (χ1) is 7.81. The standard InChI is InChI=1S/C13H18BrNO2/c1-5-9-6-7-10(14)11(8-9)15-12(16)17-13(2,3)4/h6-8H,5H2,1-4H3,(H,15,16). The molecule has 0 spiro atoms. The number of halogens is 1. The summed E-state index contributed by atoms with van der Waals surface area (Å²) in [6.45, 7) is 7.58. The van der Waals surface area contributed by atoms with E-state index >= 15 is 0 Å².